The Hall–Kier alpha value is -2.08. The molecule has 3 nitrogen and oxygen atoms in total. The van der Waals surface area contributed by atoms with E-state index in [1.807, 2.05) is 24.3 Å². The van der Waals surface area contributed by atoms with Gasteiger partial charge in [0.15, 0.2) is 5.78 Å². The monoisotopic (exact) mass is 200 g/mol. The Morgan fingerprint density at radius 3 is 2.73 bits per heavy atom. The van der Waals surface area contributed by atoms with Crippen molar-refractivity contribution in [3.63, 3.8) is 0 Å². The number of benzene rings is 1. The van der Waals surface area contributed by atoms with E-state index in [4.69, 9.17) is 5.26 Å². The molecule has 0 spiro atoms. The van der Waals surface area contributed by atoms with Gasteiger partial charge in [0, 0.05) is 17.3 Å². The van der Waals surface area contributed by atoms with Gasteiger partial charge in [-0.05, 0) is 6.92 Å². The van der Waals surface area contributed by atoms with Gasteiger partial charge in [0.05, 0.1) is 6.07 Å². The summed E-state index contributed by atoms with van der Waals surface area (Å²) < 4.78 is 0. The highest BCUT2D eigenvalue weighted by atomic mass is 16.1. The maximum Gasteiger partial charge on any atom is 0.187 e. The van der Waals surface area contributed by atoms with Crippen molar-refractivity contribution < 1.29 is 4.79 Å². The van der Waals surface area contributed by atoms with Crippen LogP contribution < -0.4 is 5.32 Å². The van der Waals surface area contributed by atoms with Crippen molar-refractivity contribution in [2.24, 2.45) is 0 Å². The molecule has 1 aromatic carbocycles. The maximum atomic E-state index is 11.6. The largest absolute Gasteiger partial charge is 0.376 e. The number of rotatable bonds is 4. The molecule has 76 valence electrons. The molecule has 1 N–H and O–H groups in total. The number of allylic oxidation sites excluding steroid dienone is 2. The summed E-state index contributed by atoms with van der Waals surface area (Å²) in [6, 6.07) is 11.0. The van der Waals surface area contributed by atoms with Gasteiger partial charge in [0.1, 0.15) is 6.54 Å². The fraction of sp³-hybridized carbons (Fsp3) is 0.167. The highest BCUT2D eigenvalue weighted by molar-refractivity contribution is 6.04. The second-order valence-corrected chi connectivity index (χ2v) is 3.07. The molecular weight excluding hydrogens is 188 g/mol. The minimum atomic E-state index is -0.0569. The zero-order valence-electron chi connectivity index (χ0n) is 8.53. The van der Waals surface area contributed by atoms with Gasteiger partial charge in [-0.25, -0.2) is 0 Å². The topological polar surface area (TPSA) is 52.9 Å². The molecule has 15 heavy (non-hydrogen) atoms. The van der Waals surface area contributed by atoms with E-state index in [9.17, 15) is 4.79 Å². The third-order valence-electron chi connectivity index (χ3n) is 1.85. The van der Waals surface area contributed by atoms with E-state index >= 15 is 0 Å². The minimum Gasteiger partial charge on any atom is -0.376 e. The van der Waals surface area contributed by atoms with Gasteiger partial charge in [-0.2, -0.15) is 5.26 Å². The van der Waals surface area contributed by atoms with Crippen LogP contribution in [-0.4, -0.2) is 12.3 Å². The summed E-state index contributed by atoms with van der Waals surface area (Å²) in [4.78, 5) is 11.6. The Morgan fingerprint density at radius 2 is 2.13 bits per heavy atom. The zero-order valence-corrected chi connectivity index (χ0v) is 8.53. The average Bonchev–Trinajstić information content (AvgIpc) is 2.27. The summed E-state index contributed by atoms with van der Waals surface area (Å²) in [5, 5.41) is 11.2. The number of nitrogens with one attached hydrogen (secondary N) is 1. The van der Waals surface area contributed by atoms with Gasteiger partial charge in [0.2, 0.25) is 0 Å². The van der Waals surface area contributed by atoms with Crippen LogP contribution in [0.4, 0.5) is 0 Å². The molecule has 0 aliphatic heterocycles. The van der Waals surface area contributed by atoms with E-state index in [1.165, 1.54) is 6.08 Å². The van der Waals surface area contributed by atoms with Gasteiger partial charge in [-0.3, -0.25) is 4.79 Å². The van der Waals surface area contributed by atoms with Crippen molar-refractivity contribution in [3.05, 3.63) is 47.7 Å². The van der Waals surface area contributed by atoms with Gasteiger partial charge < -0.3 is 5.32 Å². The Balaban J connectivity index is 2.67. The molecule has 0 amide bonds. The van der Waals surface area contributed by atoms with E-state index in [2.05, 4.69) is 5.32 Å². The van der Waals surface area contributed by atoms with Crippen LogP contribution in [0.1, 0.15) is 17.3 Å². The van der Waals surface area contributed by atoms with Gasteiger partial charge in [0.25, 0.3) is 0 Å². The fourth-order valence-electron chi connectivity index (χ4n) is 1.11. The van der Waals surface area contributed by atoms with E-state index in [0.717, 1.165) is 0 Å². The molecule has 0 unspecified atom stereocenters. The lowest BCUT2D eigenvalue weighted by Crippen LogP contribution is -2.12. The highest BCUT2D eigenvalue weighted by Gasteiger charge is 2.00. The Labute approximate surface area is 89.0 Å². The number of nitriles is 1. The molecule has 0 aliphatic carbocycles. The van der Waals surface area contributed by atoms with E-state index in [0.29, 0.717) is 11.3 Å². The average molecular weight is 200 g/mol. The number of carbonyl (C=O) groups is 1. The van der Waals surface area contributed by atoms with Crippen LogP contribution in [0.3, 0.4) is 0 Å². The fourth-order valence-corrected chi connectivity index (χ4v) is 1.11. The van der Waals surface area contributed by atoms with Crippen LogP contribution >= 0.6 is 0 Å². The van der Waals surface area contributed by atoms with Crippen LogP contribution in [0.25, 0.3) is 0 Å². The molecule has 0 aliphatic rings. The predicted molar refractivity (Wildman–Crippen MR) is 58.1 cm³/mol. The minimum absolute atomic E-state index is 0.0569. The normalized spacial score (nSPS) is 10.5. The summed E-state index contributed by atoms with van der Waals surface area (Å²) in [6.07, 6.45) is 1.49. The molecule has 0 heterocycles. The molecule has 1 aromatic rings. The summed E-state index contributed by atoms with van der Waals surface area (Å²) in [5.74, 6) is -0.0569. The molecule has 0 saturated carbocycles. The molecule has 0 saturated heterocycles. The molecule has 0 radical (unpaired) electrons. The van der Waals surface area contributed by atoms with Crippen LogP contribution in [-0.2, 0) is 0 Å². The summed E-state index contributed by atoms with van der Waals surface area (Å²) in [7, 11) is 0. The van der Waals surface area contributed by atoms with E-state index in [-0.39, 0.29) is 12.3 Å². The van der Waals surface area contributed by atoms with Gasteiger partial charge in [-0.1, -0.05) is 30.3 Å². The third-order valence-corrected chi connectivity index (χ3v) is 1.85. The Kier molecular flexibility index (Phi) is 4.11. The smallest absolute Gasteiger partial charge is 0.187 e. The SMILES string of the molecule is C/C(=C/C(=O)c1ccccc1)NCC#N. The van der Waals surface area contributed by atoms with E-state index in [1.54, 1.807) is 19.1 Å². The Bertz CT molecular complexity index is 401. The zero-order chi connectivity index (χ0) is 11.1. The molecule has 0 fully saturated rings. The van der Waals surface area contributed by atoms with Crippen molar-refractivity contribution in [1.29, 1.82) is 5.26 Å². The molecule has 0 aromatic heterocycles. The maximum absolute atomic E-state index is 11.6. The first kappa shape index (κ1) is 11.0. The second kappa shape index (κ2) is 5.61. The summed E-state index contributed by atoms with van der Waals surface area (Å²) in [5.41, 5.74) is 1.35. The van der Waals surface area contributed by atoms with Crippen LogP contribution in [0.2, 0.25) is 0 Å². The van der Waals surface area contributed by atoms with Crippen molar-refractivity contribution in [2.75, 3.05) is 6.54 Å². The van der Waals surface area contributed by atoms with Gasteiger partial charge in [-0.15, -0.1) is 0 Å². The van der Waals surface area contributed by atoms with Crippen molar-refractivity contribution >= 4 is 5.78 Å². The lowest BCUT2D eigenvalue weighted by molar-refractivity contribution is 0.104. The first-order valence-electron chi connectivity index (χ1n) is 4.62. The summed E-state index contributed by atoms with van der Waals surface area (Å²) in [6.45, 7) is 1.97. The Morgan fingerprint density at radius 1 is 1.47 bits per heavy atom. The van der Waals surface area contributed by atoms with Crippen LogP contribution in [0.5, 0.6) is 0 Å². The van der Waals surface area contributed by atoms with Crippen molar-refractivity contribution in [3.8, 4) is 6.07 Å². The standard InChI is InChI=1S/C12H12N2O/c1-10(14-8-7-13)9-12(15)11-5-3-2-4-6-11/h2-6,9,14H,8H2,1H3/b10-9-. The van der Waals surface area contributed by atoms with Crippen LogP contribution in [0, 0.1) is 11.3 Å². The summed E-state index contributed by atoms with van der Waals surface area (Å²) >= 11 is 0. The number of nitrogens with zero attached hydrogens (tertiary/aromatic N) is 1. The lowest BCUT2D eigenvalue weighted by Gasteiger charge is -2.00. The highest BCUT2D eigenvalue weighted by Crippen LogP contribution is 2.02. The quantitative estimate of drug-likeness (QED) is 0.458. The molecular formula is C12H12N2O. The second-order valence-electron chi connectivity index (χ2n) is 3.07. The first-order chi connectivity index (χ1) is 7.24. The number of carbonyl (C=O) groups excluding carboxylic acids is 1. The number of ketones is 1. The third kappa shape index (κ3) is 3.65. The van der Waals surface area contributed by atoms with E-state index < -0.39 is 0 Å². The number of hydrogen-bond donors (Lipinski definition) is 1. The molecule has 0 atom stereocenters. The van der Waals surface area contributed by atoms with Crippen molar-refractivity contribution in [2.45, 2.75) is 6.92 Å². The molecule has 3 heteroatoms. The predicted octanol–water partition coefficient (Wildman–Crippen LogP) is 1.89. The van der Waals surface area contributed by atoms with Gasteiger partial charge >= 0.3 is 0 Å². The molecule has 1 rings (SSSR count). The molecule has 0 bridgehead atoms. The first-order valence-corrected chi connectivity index (χ1v) is 4.62. The van der Waals surface area contributed by atoms with Crippen LogP contribution in [0.15, 0.2) is 42.1 Å². The van der Waals surface area contributed by atoms with Crippen molar-refractivity contribution in [1.82, 2.24) is 5.32 Å². The lowest BCUT2D eigenvalue weighted by atomic mass is 10.1. The number of hydrogen-bond acceptors (Lipinski definition) is 3.